The van der Waals surface area contributed by atoms with Gasteiger partial charge in [0.1, 0.15) is 0 Å². The summed E-state index contributed by atoms with van der Waals surface area (Å²) in [5.41, 5.74) is 1.20. The summed E-state index contributed by atoms with van der Waals surface area (Å²) in [6.45, 7) is 0.730. The van der Waals surface area contributed by atoms with Crippen LogP contribution in [0.2, 0.25) is 0 Å². The predicted octanol–water partition coefficient (Wildman–Crippen LogP) is 3.28. The Bertz CT molecular complexity index is 647. The lowest BCUT2D eigenvalue weighted by Crippen LogP contribution is -2.19. The standard InChI is InChI=1S/C14H15BrN2O3/c1-19-14(18)13-12-9(15)5-4-6-10(12)17(16-13)11-7-2-3-8-20-11/h4-6,11H,2-3,7-8H2,1H3. The van der Waals surface area contributed by atoms with Crippen LogP contribution in [0.5, 0.6) is 0 Å². The van der Waals surface area contributed by atoms with Gasteiger partial charge in [0.2, 0.25) is 0 Å². The molecule has 1 fully saturated rings. The molecule has 1 aliphatic heterocycles. The molecule has 6 heteroatoms. The number of aromatic nitrogens is 2. The van der Waals surface area contributed by atoms with Crippen molar-refractivity contribution in [2.45, 2.75) is 25.5 Å². The highest BCUT2D eigenvalue weighted by Gasteiger charge is 2.25. The molecule has 2 heterocycles. The summed E-state index contributed by atoms with van der Waals surface area (Å²) in [6.07, 6.45) is 2.97. The van der Waals surface area contributed by atoms with Crippen LogP contribution in [-0.2, 0) is 9.47 Å². The molecule has 0 saturated carbocycles. The van der Waals surface area contributed by atoms with Gasteiger partial charge < -0.3 is 9.47 Å². The maximum absolute atomic E-state index is 11.9. The summed E-state index contributed by atoms with van der Waals surface area (Å²) in [7, 11) is 1.36. The predicted molar refractivity (Wildman–Crippen MR) is 77.6 cm³/mol. The maximum Gasteiger partial charge on any atom is 0.359 e. The average Bonchev–Trinajstić information content (AvgIpc) is 2.88. The van der Waals surface area contributed by atoms with Crippen LogP contribution >= 0.6 is 15.9 Å². The van der Waals surface area contributed by atoms with Crippen LogP contribution in [0.3, 0.4) is 0 Å². The molecule has 0 bridgehead atoms. The lowest BCUT2D eigenvalue weighted by Gasteiger charge is -2.23. The van der Waals surface area contributed by atoms with Crippen LogP contribution in [0.15, 0.2) is 22.7 Å². The third-order valence-electron chi connectivity index (χ3n) is 3.49. The third kappa shape index (κ3) is 2.23. The molecule has 1 aromatic heterocycles. The molecule has 0 aliphatic carbocycles. The van der Waals surface area contributed by atoms with Gasteiger partial charge in [0.05, 0.1) is 12.6 Å². The van der Waals surface area contributed by atoms with Crippen LogP contribution in [0, 0.1) is 0 Å². The zero-order valence-electron chi connectivity index (χ0n) is 11.1. The Hall–Kier alpha value is -1.40. The van der Waals surface area contributed by atoms with Gasteiger partial charge in [-0.05, 0) is 31.4 Å². The van der Waals surface area contributed by atoms with Crippen molar-refractivity contribution in [2.24, 2.45) is 0 Å². The van der Waals surface area contributed by atoms with Crippen LogP contribution in [0.4, 0.5) is 0 Å². The number of carbonyl (C=O) groups excluding carboxylic acids is 1. The monoisotopic (exact) mass is 338 g/mol. The minimum atomic E-state index is -0.434. The number of rotatable bonds is 2. The molecule has 0 spiro atoms. The normalized spacial score (nSPS) is 19.2. The number of hydrogen-bond donors (Lipinski definition) is 0. The minimum absolute atomic E-state index is 0.112. The number of hydrogen-bond acceptors (Lipinski definition) is 4. The third-order valence-corrected chi connectivity index (χ3v) is 4.15. The molecule has 1 atom stereocenters. The molecular formula is C14H15BrN2O3. The molecular weight excluding hydrogens is 324 g/mol. The number of nitrogens with zero attached hydrogens (tertiary/aromatic N) is 2. The van der Waals surface area contributed by atoms with E-state index >= 15 is 0 Å². The van der Waals surface area contributed by atoms with E-state index in [0.717, 1.165) is 41.2 Å². The van der Waals surface area contributed by atoms with Gasteiger partial charge in [-0.3, -0.25) is 0 Å². The van der Waals surface area contributed by atoms with Crippen molar-refractivity contribution < 1.29 is 14.3 Å². The fourth-order valence-corrected chi connectivity index (χ4v) is 3.07. The van der Waals surface area contributed by atoms with Crippen molar-refractivity contribution in [3.8, 4) is 0 Å². The van der Waals surface area contributed by atoms with Gasteiger partial charge >= 0.3 is 5.97 Å². The van der Waals surface area contributed by atoms with Crippen molar-refractivity contribution in [1.29, 1.82) is 0 Å². The van der Waals surface area contributed by atoms with E-state index in [1.165, 1.54) is 7.11 Å². The Morgan fingerprint density at radius 2 is 2.35 bits per heavy atom. The van der Waals surface area contributed by atoms with Gasteiger partial charge in [-0.1, -0.05) is 22.0 Å². The number of esters is 1. The summed E-state index contributed by atoms with van der Waals surface area (Å²) in [6, 6.07) is 5.76. The summed E-state index contributed by atoms with van der Waals surface area (Å²) >= 11 is 3.48. The number of halogens is 1. The SMILES string of the molecule is COC(=O)c1nn(C2CCCCO2)c2cccc(Br)c12. The van der Waals surface area contributed by atoms with E-state index in [0.29, 0.717) is 5.69 Å². The Labute approximate surface area is 125 Å². The fourth-order valence-electron chi connectivity index (χ4n) is 2.53. The van der Waals surface area contributed by atoms with Crippen LogP contribution in [-0.4, -0.2) is 29.5 Å². The number of methoxy groups -OCH3 is 1. The zero-order chi connectivity index (χ0) is 14.1. The Morgan fingerprint density at radius 3 is 3.05 bits per heavy atom. The summed E-state index contributed by atoms with van der Waals surface area (Å²) in [5.74, 6) is -0.434. The second-order valence-corrected chi connectivity index (χ2v) is 5.59. The quantitative estimate of drug-likeness (QED) is 0.788. The number of ether oxygens (including phenoxy) is 2. The zero-order valence-corrected chi connectivity index (χ0v) is 12.7. The van der Waals surface area contributed by atoms with Gasteiger partial charge in [0.15, 0.2) is 11.9 Å². The lowest BCUT2D eigenvalue weighted by molar-refractivity contribution is -0.0369. The molecule has 2 aromatic rings. The molecule has 0 radical (unpaired) electrons. The van der Waals surface area contributed by atoms with Crippen molar-refractivity contribution in [1.82, 2.24) is 9.78 Å². The first-order chi connectivity index (χ1) is 9.72. The molecule has 1 saturated heterocycles. The van der Waals surface area contributed by atoms with Crippen molar-refractivity contribution in [3.05, 3.63) is 28.4 Å². The van der Waals surface area contributed by atoms with Crippen molar-refractivity contribution in [2.75, 3.05) is 13.7 Å². The largest absolute Gasteiger partial charge is 0.464 e. The van der Waals surface area contributed by atoms with E-state index < -0.39 is 5.97 Å². The van der Waals surface area contributed by atoms with Crippen molar-refractivity contribution in [3.63, 3.8) is 0 Å². The first-order valence-electron chi connectivity index (χ1n) is 6.59. The number of fused-ring (bicyclic) bond motifs is 1. The Balaban J connectivity index is 2.17. The number of carbonyl (C=O) groups is 1. The highest BCUT2D eigenvalue weighted by Crippen LogP contribution is 2.32. The molecule has 5 nitrogen and oxygen atoms in total. The van der Waals surface area contributed by atoms with Crippen LogP contribution in [0.1, 0.15) is 36.0 Å². The number of benzene rings is 1. The Kier molecular flexibility index (Phi) is 3.76. The van der Waals surface area contributed by atoms with Gasteiger partial charge in [0, 0.05) is 16.5 Å². The van der Waals surface area contributed by atoms with E-state index in [4.69, 9.17) is 9.47 Å². The van der Waals surface area contributed by atoms with Crippen molar-refractivity contribution >= 4 is 32.8 Å². The van der Waals surface area contributed by atoms with Gasteiger partial charge in [0.25, 0.3) is 0 Å². The highest BCUT2D eigenvalue weighted by atomic mass is 79.9. The molecule has 1 unspecified atom stereocenters. The van der Waals surface area contributed by atoms with Crippen LogP contribution in [0.25, 0.3) is 10.9 Å². The lowest BCUT2D eigenvalue weighted by atomic mass is 10.1. The molecule has 1 aliphatic rings. The minimum Gasteiger partial charge on any atom is -0.464 e. The summed E-state index contributed by atoms with van der Waals surface area (Å²) in [4.78, 5) is 11.9. The van der Waals surface area contributed by atoms with E-state index in [-0.39, 0.29) is 6.23 Å². The topological polar surface area (TPSA) is 53.3 Å². The Morgan fingerprint density at radius 1 is 1.50 bits per heavy atom. The molecule has 3 rings (SSSR count). The second-order valence-electron chi connectivity index (χ2n) is 4.74. The second kappa shape index (κ2) is 5.54. The first-order valence-corrected chi connectivity index (χ1v) is 7.38. The van der Waals surface area contributed by atoms with E-state index in [1.54, 1.807) is 4.68 Å². The molecule has 0 amide bonds. The van der Waals surface area contributed by atoms with Crippen LogP contribution < -0.4 is 0 Å². The fraction of sp³-hybridized carbons (Fsp3) is 0.429. The average molecular weight is 339 g/mol. The first kappa shape index (κ1) is 13.6. The molecule has 0 N–H and O–H groups in total. The molecule has 1 aromatic carbocycles. The smallest absolute Gasteiger partial charge is 0.359 e. The van der Waals surface area contributed by atoms with E-state index in [9.17, 15) is 4.79 Å². The van der Waals surface area contributed by atoms with E-state index in [2.05, 4.69) is 21.0 Å². The van der Waals surface area contributed by atoms with Gasteiger partial charge in [-0.15, -0.1) is 0 Å². The van der Waals surface area contributed by atoms with Gasteiger partial charge in [-0.25, -0.2) is 9.48 Å². The molecule has 106 valence electrons. The summed E-state index contributed by atoms with van der Waals surface area (Å²) < 4.78 is 13.2. The van der Waals surface area contributed by atoms with Gasteiger partial charge in [-0.2, -0.15) is 5.10 Å². The highest BCUT2D eigenvalue weighted by molar-refractivity contribution is 9.10. The summed E-state index contributed by atoms with van der Waals surface area (Å²) in [5, 5.41) is 5.20. The maximum atomic E-state index is 11.9. The molecule has 20 heavy (non-hydrogen) atoms. The van der Waals surface area contributed by atoms with E-state index in [1.807, 2.05) is 18.2 Å².